The van der Waals surface area contributed by atoms with Gasteiger partial charge in [-0.2, -0.15) is 0 Å². The second-order valence-electron chi connectivity index (χ2n) is 11.2. The van der Waals surface area contributed by atoms with Gasteiger partial charge in [-0.3, -0.25) is 9.69 Å². The zero-order valence-electron chi connectivity index (χ0n) is 23.8. The number of nitrogen functional groups attached to an aromatic ring is 1. The van der Waals surface area contributed by atoms with Crippen molar-refractivity contribution in [3.63, 3.8) is 0 Å². The fourth-order valence-electron chi connectivity index (χ4n) is 6.04. The number of aliphatic hydroxyl groups excluding tert-OH is 1. The van der Waals surface area contributed by atoms with E-state index in [0.29, 0.717) is 79.1 Å². The largest absolute Gasteiger partial charge is 0.488 e. The summed E-state index contributed by atoms with van der Waals surface area (Å²) < 4.78 is 31.6. The third-order valence-corrected chi connectivity index (χ3v) is 8.43. The fourth-order valence-corrected chi connectivity index (χ4v) is 6.04. The molecule has 2 saturated heterocycles. The van der Waals surface area contributed by atoms with Crippen LogP contribution in [0.4, 0.5) is 14.5 Å². The third kappa shape index (κ3) is 6.45. The first-order chi connectivity index (χ1) is 20.9. The summed E-state index contributed by atoms with van der Waals surface area (Å²) in [5, 5.41) is 9.08. The van der Waals surface area contributed by atoms with E-state index < -0.39 is 13.0 Å². The first-order valence-electron chi connectivity index (χ1n) is 14.6. The smallest absolute Gasteiger partial charge is 0.251 e. The van der Waals surface area contributed by atoms with Crippen LogP contribution in [0.3, 0.4) is 0 Å². The van der Waals surface area contributed by atoms with Crippen LogP contribution in [-0.2, 0) is 4.79 Å². The number of hydrogen-bond donors (Lipinski definition) is 3. The number of benzene rings is 2. The van der Waals surface area contributed by atoms with E-state index in [1.807, 2.05) is 35.2 Å². The van der Waals surface area contributed by atoms with Gasteiger partial charge in [0.05, 0.1) is 12.2 Å². The molecule has 0 unspecified atom stereocenters. The molecule has 2 aliphatic rings. The van der Waals surface area contributed by atoms with Crippen molar-refractivity contribution in [2.24, 2.45) is 0 Å². The van der Waals surface area contributed by atoms with Gasteiger partial charge in [0.2, 0.25) is 5.91 Å². The van der Waals surface area contributed by atoms with Gasteiger partial charge >= 0.3 is 0 Å². The van der Waals surface area contributed by atoms with Crippen LogP contribution in [0.1, 0.15) is 37.2 Å². The number of ether oxygens (including phenoxy) is 1. The minimum absolute atomic E-state index is 0.0692. The molecule has 2 aromatic carbocycles. The second kappa shape index (κ2) is 12.6. The Bertz CT molecular complexity index is 1560. The number of anilines is 1. The number of carbonyl (C=O) groups excluding carboxylic acids is 1. The van der Waals surface area contributed by atoms with Crippen LogP contribution in [0, 0.1) is 0 Å². The molecule has 2 aliphatic heterocycles. The average Bonchev–Trinajstić information content (AvgIpc) is 3.47. The topological polar surface area (TPSA) is 133 Å². The average molecular weight is 592 g/mol. The molecule has 12 heteroatoms. The monoisotopic (exact) mass is 591 g/mol. The van der Waals surface area contributed by atoms with Gasteiger partial charge in [-0.15, -0.1) is 0 Å². The Hall–Kier alpha value is -4.16. The number of hydrogen-bond acceptors (Lipinski definition) is 8. The lowest BCUT2D eigenvalue weighted by Crippen LogP contribution is -2.42. The van der Waals surface area contributed by atoms with Gasteiger partial charge in [0.15, 0.2) is 5.65 Å². The minimum atomic E-state index is -2.29. The number of halogens is 2. The molecule has 0 saturated carbocycles. The lowest BCUT2D eigenvalue weighted by Gasteiger charge is -2.32. The molecular formula is C31H35F2N7O3. The summed E-state index contributed by atoms with van der Waals surface area (Å²) in [7, 11) is 0. The van der Waals surface area contributed by atoms with E-state index in [9.17, 15) is 13.6 Å². The molecule has 2 fully saturated rings. The first kappa shape index (κ1) is 28.9. The Kier molecular flexibility index (Phi) is 8.48. The molecule has 6 rings (SSSR count). The molecule has 0 radical (unpaired) electrons. The summed E-state index contributed by atoms with van der Waals surface area (Å²) >= 11 is 0. The Balaban J connectivity index is 1.14. The van der Waals surface area contributed by atoms with Crippen LogP contribution in [0.15, 0.2) is 48.8 Å². The van der Waals surface area contributed by atoms with Gasteiger partial charge in [0.25, 0.3) is 6.43 Å². The van der Waals surface area contributed by atoms with Gasteiger partial charge in [-0.25, -0.2) is 23.7 Å². The van der Waals surface area contributed by atoms with Gasteiger partial charge in [0, 0.05) is 37.1 Å². The number of imidazole rings is 1. The van der Waals surface area contributed by atoms with Gasteiger partial charge in [-0.05, 0) is 55.6 Å². The van der Waals surface area contributed by atoms with Crippen molar-refractivity contribution >= 4 is 22.8 Å². The van der Waals surface area contributed by atoms with Crippen molar-refractivity contribution in [2.75, 3.05) is 45.1 Å². The number of carbonyl (C=O) groups is 1. The van der Waals surface area contributed by atoms with Crippen LogP contribution in [-0.4, -0.2) is 92.6 Å². The summed E-state index contributed by atoms with van der Waals surface area (Å²) in [4.78, 5) is 32.2. The predicted molar refractivity (Wildman–Crippen MR) is 159 cm³/mol. The number of H-pyrrole nitrogens is 1. The molecule has 43 heavy (non-hydrogen) atoms. The fraction of sp³-hybridized carbons (Fsp3) is 0.419. The maximum Gasteiger partial charge on any atom is 0.251 e. The maximum absolute atomic E-state index is 12.7. The van der Waals surface area contributed by atoms with Crippen molar-refractivity contribution in [3.8, 4) is 28.4 Å². The molecule has 4 aromatic rings. The molecule has 0 bridgehead atoms. The molecule has 0 aliphatic carbocycles. The summed E-state index contributed by atoms with van der Waals surface area (Å²) in [5.41, 5.74) is 11.7. The number of nitrogens with one attached hydrogen (secondary N) is 1. The number of likely N-dealkylation sites (tertiary alicyclic amines) is 2. The minimum Gasteiger partial charge on any atom is -0.488 e. The van der Waals surface area contributed by atoms with Crippen molar-refractivity contribution in [1.29, 1.82) is 0 Å². The predicted octanol–water partition coefficient (Wildman–Crippen LogP) is 4.08. The highest BCUT2D eigenvalue weighted by atomic mass is 19.3. The van der Waals surface area contributed by atoms with Gasteiger partial charge < -0.3 is 25.5 Å². The second-order valence-corrected chi connectivity index (χ2v) is 11.2. The molecule has 4 heterocycles. The van der Waals surface area contributed by atoms with E-state index in [0.717, 1.165) is 24.0 Å². The molecule has 0 spiro atoms. The van der Waals surface area contributed by atoms with Crippen LogP contribution in [0.25, 0.3) is 33.8 Å². The van der Waals surface area contributed by atoms with Crippen LogP contribution in [0.2, 0.25) is 0 Å². The number of piperidine rings is 2. The number of fused-ring (bicyclic) bond motifs is 1. The third-order valence-electron chi connectivity index (χ3n) is 8.43. The molecule has 4 N–H and O–H groups in total. The Morgan fingerprint density at radius 3 is 2.42 bits per heavy atom. The summed E-state index contributed by atoms with van der Waals surface area (Å²) in [6.07, 6.45) is 2.20. The van der Waals surface area contributed by atoms with E-state index in [2.05, 4.69) is 27.1 Å². The number of nitrogens with zero attached hydrogens (tertiary/aromatic N) is 5. The number of aromatic amines is 1. The van der Waals surface area contributed by atoms with Crippen LogP contribution in [0.5, 0.6) is 5.75 Å². The highest BCUT2D eigenvalue weighted by Gasteiger charge is 2.25. The van der Waals surface area contributed by atoms with E-state index in [1.54, 1.807) is 4.90 Å². The number of amides is 1. The van der Waals surface area contributed by atoms with E-state index in [1.165, 1.54) is 11.9 Å². The lowest BCUT2D eigenvalue weighted by atomic mass is 9.89. The highest BCUT2D eigenvalue weighted by Crippen LogP contribution is 2.34. The molecular weight excluding hydrogens is 556 g/mol. The van der Waals surface area contributed by atoms with Crippen molar-refractivity contribution in [1.82, 2.24) is 29.7 Å². The lowest BCUT2D eigenvalue weighted by molar-refractivity contribution is -0.135. The summed E-state index contributed by atoms with van der Waals surface area (Å²) in [6, 6.07) is 13.8. The molecule has 226 valence electrons. The Labute approximate surface area is 247 Å². The summed E-state index contributed by atoms with van der Waals surface area (Å²) in [5.74, 6) is 1.34. The zero-order chi connectivity index (χ0) is 29.9. The number of alkyl halides is 2. The number of nitrogens with two attached hydrogens (primary N) is 1. The number of aromatic nitrogens is 4. The van der Waals surface area contributed by atoms with Crippen LogP contribution < -0.4 is 10.5 Å². The number of aliphatic hydroxyl groups is 1. The molecule has 1 amide bonds. The van der Waals surface area contributed by atoms with Crippen molar-refractivity contribution in [3.05, 3.63) is 54.4 Å². The molecule has 10 nitrogen and oxygen atoms in total. The van der Waals surface area contributed by atoms with E-state index in [4.69, 9.17) is 20.6 Å². The SMILES string of the molecule is Nc1cc(-c2ncnc3[nH]c(-c4ccc(C5CCN(CC(F)F)CC5)cc4)nc23)ccc1OC1CCN(C(=O)CO)CC1. The summed E-state index contributed by atoms with van der Waals surface area (Å²) in [6.45, 7) is 1.82. The zero-order valence-corrected chi connectivity index (χ0v) is 23.8. The van der Waals surface area contributed by atoms with Crippen LogP contribution >= 0.6 is 0 Å². The Morgan fingerprint density at radius 1 is 1.02 bits per heavy atom. The van der Waals surface area contributed by atoms with Crippen molar-refractivity contribution < 1.29 is 23.4 Å². The molecule has 0 atom stereocenters. The highest BCUT2D eigenvalue weighted by molar-refractivity contribution is 5.90. The van der Waals surface area contributed by atoms with Gasteiger partial charge in [0.1, 0.15) is 41.8 Å². The first-order valence-corrected chi connectivity index (χ1v) is 14.6. The quantitative estimate of drug-likeness (QED) is 0.261. The van der Waals surface area contributed by atoms with E-state index >= 15 is 0 Å². The standard InChI is InChI=1S/C31H35F2N7O3/c32-26(33)16-39-11-7-20(8-12-39)19-1-3-21(4-2-19)30-37-29-28(35-18-36-31(29)38-30)22-5-6-25(24(34)15-22)43-23-9-13-40(14-10-23)27(42)17-41/h1-6,15,18,20,23,26,41H,7-14,16-17,34H2,(H,35,36,37,38). The maximum atomic E-state index is 12.7. The van der Waals surface area contributed by atoms with E-state index in [-0.39, 0.29) is 18.6 Å². The van der Waals surface area contributed by atoms with Crippen molar-refractivity contribution in [2.45, 2.75) is 44.1 Å². The van der Waals surface area contributed by atoms with Gasteiger partial charge in [-0.1, -0.05) is 24.3 Å². The number of rotatable bonds is 8. The Morgan fingerprint density at radius 2 is 1.74 bits per heavy atom. The normalized spacial score (nSPS) is 17.2. The molecule has 2 aromatic heterocycles.